The van der Waals surface area contributed by atoms with Crippen LogP contribution in [0.1, 0.15) is 70.5 Å². The number of hydrogen-bond acceptors (Lipinski definition) is 5. The molecule has 43 heavy (non-hydrogen) atoms. The van der Waals surface area contributed by atoms with Gasteiger partial charge in [-0.25, -0.2) is 14.2 Å². The standard InChI is InChI=1S/C32H27Cl2FN4O3.CH4/c1-15-18(30(40)42-2)10-11-38-24-13-23-25(28(24)37-29(15)38)26(19-4-3-5-21(34)27(19)35)32(39(23)14-16-6-7-16)20-9-8-17(33)12-22(20)36-31(32)41;/h3-5,8-12,16,23,25-26H,6-7,13-14H2,1-2H3,(H,36,41);1H4/t23-,25+,26-,32+;/m0./s1. The topological polar surface area (TPSA) is 75.9 Å². The maximum Gasteiger partial charge on any atom is 0.338 e. The van der Waals surface area contributed by atoms with Gasteiger partial charge < -0.3 is 14.5 Å². The highest BCUT2D eigenvalue weighted by molar-refractivity contribution is 6.31. The fourth-order valence-electron chi connectivity index (χ4n) is 7.92. The van der Waals surface area contributed by atoms with E-state index in [2.05, 4.69) is 10.2 Å². The Morgan fingerprint density at radius 1 is 1.21 bits per heavy atom. The number of benzene rings is 2. The van der Waals surface area contributed by atoms with Gasteiger partial charge in [0.15, 0.2) is 0 Å². The number of carbonyl (C=O) groups is 2. The van der Waals surface area contributed by atoms with Crippen molar-refractivity contribution in [2.75, 3.05) is 19.0 Å². The zero-order chi connectivity index (χ0) is 29.1. The first-order valence-electron chi connectivity index (χ1n) is 14.2. The summed E-state index contributed by atoms with van der Waals surface area (Å²) in [5.41, 5.74) is 4.31. The molecule has 1 N–H and O–H groups in total. The summed E-state index contributed by atoms with van der Waals surface area (Å²) in [6.45, 7) is 2.57. The lowest BCUT2D eigenvalue weighted by Crippen LogP contribution is -2.53. The minimum Gasteiger partial charge on any atom is -0.465 e. The molecule has 0 unspecified atom stereocenters. The minimum atomic E-state index is -1.18. The van der Waals surface area contributed by atoms with E-state index in [-0.39, 0.29) is 30.3 Å². The zero-order valence-corrected chi connectivity index (χ0v) is 24.5. The van der Waals surface area contributed by atoms with Crippen molar-refractivity contribution in [3.05, 3.63) is 98.2 Å². The van der Waals surface area contributed by atoms with Gasteiger partial charge >= 0.3 is 5.97 Å². The molecule has 2 aromatic heterocycles. The SMILES string of the molecule is C.COC(=O)c1ccn2c3c(nc2c1C)[C@@H]1[C@H](C3)N(CC2CC2)[C@@]2(C(=O)Nc3cc(Cl)ccc32)[C@H]1c1cccc(Cl)c1F. The van der Waals surface area contributed by atoms with Crippen molar-refractivity contribution in [2.45, 2.75) is 57.0 Å². The Bertz CT molecular complexity index is 1850. The largest absolute Gasteiger partial charge is 0.465 e. The maximum atomic E-state index is 16.2. The molecule has 222 valence electrons. The number of pyridine rings is 1. The van der Waals surface area contributed by atoms with Crippen molar-refractivity contribution in [1.29, 1.82) is 0 Å². The smallest absolute Gasteiger partial charge is 0.338 e. The first kappa shape index (κ1) is 28.3. The monoisotopic (exact) mass is 620 g/mol. The number of aryl methyl sites for hydroxylation is 1. The summed E-state index contributed by atoms with van der Waals surface area (Å²) >= 11 is 12.8. The van der Waals surface area contributed by atoms with E-state index < -0.39 is 23.2 Å². The minimum absolute atomic E-state index is 0. The Morgan fingerprint density at radius 2 is 2.00 bits per heavy atom. The molecule has 2 aromatic carbocycles. The number of fused-ring (bicyclic) bond motifs is 7. The molecule has 2 aliphatic heterocycles. The number of methoxy groups -OCH3 is 1. The number of likely N-dealkylation sites (tertiary alicyclic amines) is 1. The van der Waals surface area contributed by atoms with E-state index >= 15 is 4.39 Å². The van der Waals surface area contributed by atoms with Gasteiger partial charge in [-0.3, -0.25) is 9.69 Å². The van der Waals surface area contributed by atoms with Crippen LogP contribution in [0.2, 0.25) is 10.0 Å². The molecule has 1 saturated heterocycles. The number of nitrogens with one attached hydrogen (secondary N) is 1. The second kappa shape index (κ2) is 9.78. The Balaban J connectivity index is 0.00000300. The van der Waals surface area contributed by atoms with Crippen molar-refractivity contribution in [3.8, 4) is 0 Å². The van der Waals surface area contributed by atoms with E-state index in [1.807, 2.05) is 23.6 Å². The summed E-state index contributed by atoms with van der Waals surface area (Å²) in [6.07, 6.45) is 4.68. The summed E-state index contributed by atoms with van der Waals surface area (Å²) in [4.78, 5) is 34.4. The number of rotatable bonds is 4. The third-order valence-corrected chi connectivity index (χ3v) is 10.4. The van der Waals surface area contributed by atoms with E-state index in [1.54, 1.807) is 30.3 Å². The molecule has 2 fully saturated rings. The third-order valence-electron chi connectivity index (χ3n) is 9.83. The number of aromatic nitrogens is 2. The number of esters is 1. The summed E-state index contributed by atoms with van der Waals surface area (Å²) in [5, 5.41) is 3.64. The molecule has 0 bridgehead atoms. The number of nitrogens with zero attached hydrogens (tertiary/aromatic N) is 3. The van der Waals surface area contributed by atoms with Crippen molar-refractivity contribution in [1.82, 2.24) is 14.3 Å². The van der Waals surface area contributed by atoms with E-state index in [0.717, 1.165) is 29.8 Å². The molecular formula is C33H31Cl2FN4O3. The average molecular weight is 622 g/mol. The Kier molecular flexibility index (Phi) is 6.44. The van der Waals surface area contributed by atoms with Gasteiger partial charge in [0, 0.05) is 64.6 Å². The Hall–Kier alpha value is -3.46. The zero-order valence-electron chi connectivity index (χ0n) is 23.0. The molecule has 4 heterocycles. The number of halogens is 3. The number of imidazole rings is 1. The number of anilines is 1. The summed E-state index contributed by atoms with van der Waals surface area (Å²) in [6, 6.07) is 12.2. The molecule has 1 saturated carbocycles. The molecule has 7 nitrogen and oxygen atoms in total. The Morgan fingerprint density at radius 3 is 2.74 bits per heavy atom. The van der Waals surface area contributed by atoms with E-state index in [0.29, 0.717) is 51.9 Å². The lowest BCUT2D eigenvalue weighted by Gasteiger charge is -2.40. The van der Waals surface area contributed by atoms with Crippen LogP contribution in [-0.2, 0) is 21.5 Å². The fourth-order valence-corrected chi connectivity index (χ4v) is 8.27. The van der Waals surface area contributed by atoms with Gasteiger partial charge in [0.05, 0.1) is 23.4 Å². The number of ether oxygens (including phenoxy) is 1. The van der Waals surface area contributed by atoms with Crippen molar-refractivity contribution in [2.24, 2.45) is 5.92 Å². The van der Waals surface area contributed by atoms with Gasteiger partial charge in [0.1, 0.15) is 17.0 Å². The second-order valence-electron chi connectivity index (χ2n) is 11.9. The van der Waals surface area contributed by atoms with Gasteiger partial charge in [0.2, 0.25) is 5.91 Å². The molecule has 0 radical (unpaired) electrons. The van der Waals surface area contributed by atoms with Crippen LogP contribution in [0.3, 0.4) is 0 Å². The lowest BCUT2D eigenvalue weighted by atomic mass is 9.71. The summed E-state index contributed by atoms with van der Waals surface area (Å²) in [5.74, 6) is -1.59. The van der Waals surface area contributed by atoms with E-state index in [1.165, 1.54) is 13.2 Å². The molecule has 4 atom stereocenters. The lowest BCUT2D eigenvalue weighted by molar-refractivity contribution is -0.128. The molecule has 8 rings (SSSR count). The molecule has 2 aliphatic carbocycles. The van der Waals surface area contributed by atoms with Crippen LogP contribution in [-0.4, -0.2) is 45.9 Å². The number of amides is 1. The molecule has 4 aliphatic rings. The first-order valence-corrected chi connectivity index (χ1v) is 14.9. The normalized spacial score (nSPS) is 25.4. The van der Waals surface area contributed by atoms with E-state index in [4.69, 9.17) is 32.9 Å². The van der Waals surface area contributed by atoms with Crippen LogP contribution < -0.4 is 5.32 Å². The van der Waals surface area contributed by atoms with Gasteiger partial charge in [-0.15, -0.1) is 0 Å². The average Bonchev–Trinajstić information content (AvgIpc) is 3.40. The van der Waals surface area contributed by atoms with Crippen LogP contribution in [0.4, 0.5) is 10.1 Å². The predicted molar refractivity (Wildman–Crippen MR) is 164 cm³/mol. The Labute approximate surface area is 258 Å². The molecule has 1 spiro atoms. The van der Waals surface area contributed by atoms with Gasteiger partial charge in [-0.1, -0.05) is 48.8 Å². The van der Waals surface area contributed by atoms with Crippen LogP contribution in [0, 0.1) is 18.7 Å². The fraction of sp³-hybridized carbons (Fsp3) is 0.364. The van der Waals surface area contributed by atoms with Crippen LogP contribution >= 0.6 is 23.2 Å². The summed E-state index contributed by atoms with van der Waals surface area (Å²) in [7, 11) is 1.36. The summed E-state index contributed by atoms with van der Waals surface area (Å²) < 4.78 is 23.2. The van der Waals surface area contributed by atoms with Gasteiger partial charge in [-0.2, -0.15) is 0 Å². The molecule has 1 amide bonds. The number of carbonyl (C=O) groups excluding carboxylic acids is 2. The van der Waals surface area contributed by atoms with Crippen molar-refractivity contribution < 1.29 is 18.7 Å². The maximum absolute atomic E-state index is 16.2. The first-order chi connectivity index (χ1) is 20.2. The van der Waals surface area contributed by atoms with Gasteiger partial charge in [-0.05, 0) is 55.5 Å². The highest BCUT2D eigenvalue weighted by Crippen LogP contribution is 2.65. The van der Waals surface area contributed by atoms with Crippen molar-refractivity contribution in [3.63, 3.8) is 0 Å². The van der Waals surface area contributed by atoms with Crippen LogP contribution in [0.5, 0.6) is 0 Å². The molecule has 4 aromatic rings. The van der Waals surface area contributed by atoms with Crippen molar-refractivity contribution >= 4 is 46.4 Å². The van der Waals surface area contributed by atoms with Gasteiger partial charge in [0.25, 0.3) is 0 Å². The number of hydrogen-bond donors (Lipinski definition) is 1. The molecular weight excluding hydrogens is 590 g/mol. The van der Waals surface area contributed by atoms with Crippen LogP contribution in [0.15, 0.2) is 48.7 Å². The molecule has 10 heteroatoms. The second-order valence-corrected chi connectivity index (χ2v) is 12.8. The third kappa shape index (κ3) is 3.72. The highest BCUT2D eigenvalue weighted by Gasteiger charge is 2.69. The quantitative estimate of drug-likeness (QED) is 0.252. The van der Waals surface area contributed by atoms with E-state index in [9.17, 15) is 9.59 Å². The highest BCUT2D eigenvalue weighted by atomic mass is 35.5. The predicted octanol–water partition coefficient (Wildman–Crippen LogP) is 6.88. The van der Waals surface area contributed by atoms with Crippen LogP contribution in [0.25, 0.3) is 5.65 Å².